The molecule has 0 spiro atoms. The summed E-state index contributed by atoms with van der Waals surface area (Å²) in [6.07, 6.45) is -1.76. The smallest absolute Gasteiger partial charge is 0.408 e. The summed E-state index contributed by atoms with van der Waals surface area (Å²) in [6.45, 7) is 5.95. The van der Waals surface area contributed by atoms with Crippen molar-refractivity contribution in [3.05, 3.63) is 71.3 Å². The van der Waals surface area contributed by atoms with E-state index in [1.807, 2.05) is 30.3 Å². The number of hydrogen-bond donors (Lipinski definition) is 3. The highest BCUT2D eigenvalue weighted by atomic mass is 19.1. The average Bonchev–Trinajstić information content (AvgIpc) is 2.71. The molecule has 3 N–H and O–H groups in total. The largest absolute Gasteiger partial charge is 0.444 e. The summed E-state index contributed by atoms with van der Waals surface area (Å²) < 4.78 is 39.0. The van der Waals surface area contributed by atoms with Gasteiger partial charge in [-0.3, -0.25) is 4.79 Å². The topological polar surface area (TPSA) is 96.9 Å². The third-order valence-corrected chi connectivity index (χ3v) is 4.74. The van der Waals surface area contributed by atoms with Gasteiger partial charge in [0.1, 0.15) is 23.3 Å². The van der Waals surface area contributed by atoms with Gasteiger partial charge in [-0.05, 0) is 50.5 Å². The Morgan fingerprint density at radius 3 is 2.12 bits per heavy atom. The molecule has 0 fully saturated rings. The van der Waals surface area contributed by atoms with Gasteiger partial charge in [-0.2, -0.15) is 0 Å². The molecular formula is C25H32F2N2O5. The van der Waals surface area contributed by atoms with Gasteiger partial charge in [0, 0.05) is 13.0 Å². The zero-order valence-corrected chi connectivity index (χ0v) is 19.8. The van der Waals surface area contributed by atoms with Crippen LogP contribution in [0.1, 0.15) is 38.8 Å². The van der Waals surface area contributed by atoms with Crippen LogP contribution in [-0.4, -0.2) is 47.5 Å². The first kappa shape index (κ1) is 27.2. The van der Waals surface area contributed by atoms with Crippen molar-refractivity contribution in [1.82, 2.24) is 10.6 Å². The van der Waals surface area contributed by atoms with Gasteiger partial charge in [-0.25, -0.2) is 13.6 Å². The molecular weight excluding hydrogens is 446 g/mol. The summed E-state index contributed by atoms with van der Waals surface area (Å²) in [5.41, 5.74) is 0.319. The first-order chi connectivity index (χ1) is 16.0. The zero-order chi connectivity index (χ0) is 25.3. The number of carbonyl (C=O) groups excluding carboxylic acids is 2. The van der Waals surface area contributed by atoms with Crippen LogP contribution in [-0.2, 0) is 27.3 Å². The Bertz CT molecular complexity index is 930. The predicted octanol–water partition coefficient (Wildman–Crippen LogP) is 3.48. The molecule has 186 valence electrons. The van der Waals surface area contributed by atoms with Gasteiger partial charge >= 0.3 is 6.09 Å². The quantitative estimate of drug-likeness (QED) is 0.486. The first-order valence-electron chi connectivity index (χ1n) is 10.9. The Morgan fingerprint density at radius 1 is 0.971 bits per heavy atom. The van der Waals surface area contributed by atoms with Crippen molar-refractivity contribution in [2.45, 2.75) is 64.5 Å². The van der Waals surface area contributed by atoms with Crippen LogP contribution in [0.5, 0.6) is 0 Å². The lowest BCUT2D eigenvalue weighted by atomic mass is 9.95. The number of rotatable bonds is 10. The molecule has 0 heterocycles. The Labute approximate surface area is 198 Å². The molecule has 2 rings (SSSR count). The minimum Gasteiger partial charge on any atom is -0.444 e. The van der Waals surface area contributed by atoms with Crippen LogP contribution in [0.3, 0.4) is 0 Å². The van der Waals surface area contributed by atoms with Crippen molar-refractivity contribution in [3.8, 4) is 0 Å². The van der Waals surface area contributed by atoms with Crippen LogP contribution in [0.15, 0.2) is 48.5 Å². The highest BCUT2D eigenvalue weighted by Gasteiger charge is 2.33. The maximum Gasteiger partial charge on any atom is 0.408 e. The lowest BCUT2D eigenvalue weighted by Crippen LogP contribution is -2.57. The second-order valence-corrected chi connectivity index (χ2v) is 8.99. The fourth-order valence-electron chi connectivity index (χ4n) is 3.46. The molecule has 0 saturated heterocycles. The number of hydrogen-bond acceptors (Lipinski definition) is 5. The van der Waals surface area contributed by atoms with E-state index >= 15 is 0 Å². The molecule has 2 aromatic rings. The molecule has 0 saturated carbocycles. The standard InChI is InChI=1S/C25H32F2N2O5/c1-16(31)28-21(12-18-10-19(26)13-20(27)11-18)23(33-15-17-8-6-5-7-9-17)22(14-30)29-24(32)34-25(2,3)4/h5-11,13,21-23,30H,12,14-15H2,1-4H3,(H,28,31)(H,29,32)/t21-,22+,23-/m0/s1. The number of ether oxygens (including phenoxy) is 2. The third-order valence-electron chi connectivity index (χ3n) is 4.74. The molecule has 2 aromatic carbocycles. The van der Waals surface area contributed by atoms with Crippen LogP contribution in [0.2, 0.25) is 0 Å². The van der Waals surface area contributed by atoms with Gasteiger partial charge in [0.2, 0.25) is 5.91 Å². The molecule has 34 heavy (non-hydrogen) atoms. The number of carbonyl (C=O) groups is 2. The Morgan fingerprint density at radius 2 is 1.59 bits per heavy atom. The average molecular weight is 479 g/mol. The van der Waals surface area contributed by atoms with Crippen molar-refractivity contribution < 1.29 is 33.0 Å². The van der Waals surface area contributed by atoms with Crippen LogP contribution >= 0.6 is 0 Å². The van der Waals surface area contributed by atoms with Gasteiger partial charge in [-0.1, -0.05) is 30.3 Å². The monoisotopic (exact) mass is 478 g/mol. The van der Waals surface area contributed by atoms with Gasteiger partial charge < -0.3 is 25.2 Å². The van der Waals surface area contributed by atoms with Gasteiger partial charge in [0.25, 0.3) is 0 Å². The Kier molecular flexibility index (Phi) is 9.95. The number of halogens is 2. The number of alkyl carbamates (subject to hydrolysis) is 1. The van der Waals surface area contributed by atoms with Crippen molar-refractivity contribution in [2.75, 3.05) is 6.61 Å². The summed E-state index contributed by atoms with van der Waals surface area (Å²) in [5, 5.41) is 15.4. The van der Waals surface area contributed by atoms with Crippen molar-refractivity contribution in [3.63, 3.8) is 0 Å². The fraction of sp³-hybridized carbons (Fsp3) is 0.440. The van der Waals surface area contributed by atoms with E-state index in [2.05, 4.69) is 10.6 Å². The number of amides is 2. The molecule has 2 amide bonds. The lowest BCUT2D eigenvalue weighted by molar-refractivity contribution is -0.121. The molecule has 0 radical (unpaired) electrons. The van der Waals surface area contributed by atoms with Gasteiger partial charge in [0.15, 0.2) is 0 Å². The van der Waals surface area contributed by atoms with Crippen LogP contribution in [0.4, 0.5) is 13.6 Å². The van der Waals surface area contributed by atoms with Crippen molar-refractivity contribution in [1.29, 1.82) is 0 Å². The second kappa shape index (κ2) is 12.4. The zero-order valence-electron chi connectivity index (χ0n) is 19.8. The van der Waals surface area contributed by atoms with E-state index in [4.69, 9.17) is 9.47 Å². The van der Waals surface area contributed by atoms with E-state index in [-0.39, 0.29) is 18.6 Å². The maximum atomic E-state index is 13.8. The molecule has 0 aliphatic heterocycles. The highest BCUT2D eigenvalue weighted by molar-refractivity contribution is 5.73. The fourth-order valence-corrected chi connectivity index (χ4v) is 3.46. The van der Waals surface area contributed by atoms with Gasteiger partial charge in [-0.15, -0.1) is 0 Å². The minimum absolute atomic E-state index is 0.0137. The number of benzene rings is 2. The van der Waals surface area contributed by atoms with Crippen molar-refractivity contribution in [2.24, 2.45) is 0 Å². The van der Waals surface area contributed by atoms with Crippen LogP contribution in [0.25, 0.3) is 0 Å². The predicted molar refractivity (Wildman–Crippen MR) is 123 cm³/mol. The SMILES string of the molecule is CC(=O)N[C@@H](Cc1cc(F)cc(F)c1)[C@H](OCc1ccccc1)[C@@H](CO)NC(=O)OC(C)(C)C. The molecule has 9 heteroatoms. The summed E-state index contributed by atoms with van der Waals surface area (Å²) in [7, 11) is 0. The van der Waals surface area contributed by atoms with E-state index in [9.17, 15) is 23.5 Å². The molecule has 0 unspecified atom stereocenters. The molecule has 3 atom stereocenters. The maximum absolute atomic E-state index is 13.8. The molecule has 0 aliphatic rings. The summed E-state index contributed by atoms with van der Waals surface area (Å²) in [4.78, 5) is 24.4. The molecule has 7 nitrogen and oxygen atoms in total. The lowest BCUT2D eigenvalue weighted by Gasteiger charge is -2.34. The second-order valence-electron chi connectivity index (χ2n) is 8.99. The summed E-state index contributed by atoms with van der Waals surface area (Å²) >= 11 is 0. The minimum atomic E-state index is -0.992. The van der Waals surface area contributed by atoms with E-state index in [1.54, 1.807) is 20.8 Å². The van der Waals surface area contributed by atoms with Crippen molar-refractivity contribution >= 4 is 12.0 Å². The van der Waals surface area contributed by atoms with Gasteiger partial charge in [0.05, 0.1) is 25.3 Å². The molecule has 0 aliphatic carbocycles. The number of aliphatic hydroxyl groups excluding tert-OH is 1. The normalized spacial score (nSPS) is 14.1. The molecule has 0 bridgehead atoms. The Balaban J connectivity index is 2.35. The van der Waals surface area contributed by atoms with E-state index in [0.29, 0.717) is 0 Å². The Hall–Kier alpha value is -3.04. The number of nitrogens with one attached hydrogen (secondary N) is 2. The van der Waals surface area contributed by atoms with Crippen LogP contribution in [0, 0.1) is 11.6 Å². The summed E-state index contributed by atoms with van der Waals surface area (Å²) in [5.74, 6) is -1.93. The molecule has 0 aromatic heterocycles. The van der Waals surface area contributed by atoms with E-state index < -0.39 is 54.0 Å². The third kappa shape index (κ3) is 9.44. The highest BCUT2D eigenvalue weighted by Crippen LogP contribution is 2.18. The van der Waals surface area contributed by atoms with E-state index in [1.165, 1.54) is 6.92 Å². The summed E-state index contributed by atoms with van der Waals surface area (Å²) in [6, 6.07) is 10.4. The van der Waals surface area contributed by atoms with Crippen LogP contribution < -0.4 is 10.6 Å². The first-order valence-corrected chi connectivity index (χ1v) is 10.9. The van der Waals surface area contributed by atoms with E-state index in [0.717, 1.165) is 23.8 Å². The number of aliphatic hydroxyl groups is 1.